The summed E-state index contributed by atoms with van der Waals surface area (Å²) in [4.78, 5) is 0. The molecule has 0 saturated heterocycles. The lowest BCUT2D eigenvalue weighted by Crippen LogP contribution is -2.50. The van der Waals surface area contributed by atoms with Gasteiger partial charge in [0.25, 0.3) is 0 Å². The van der Waals surface area contributed by atoms with E-state index in [1.165, 1.54) is 6.42 Å². The molecule has 2 unspecified atom stereocenters. The highest BCUT2D eigenvalue weighted by Gasteiger charge is 2.61. The molecule has 2 atom stereocenters. The summed E-state index contributed by atoms with van der Waals surface area (Å²) in [5.41, 5.74) is -0.543. The molecular weight excluding hydrogens is 188 g/mol. The first kappa shape index (κ1) is 11.4. The summed E-state index contributed by atoms with van der Waals surface area (Å²) >= 11 is 0. The Kier molecular flexibility index (Phi) is 2.44. The third-order valence-corrected chi connectivity index (χ3v) is 4.50. The average Bonchev–Trinajstić information content (AvgIpc) is 2.78. The van der Waals surface area contributed by atoms with Crippen molar-refractivity contribution >= 4 is 0 Å². The Morgan fingerprint density at radius 3 is 2.20 bits per heavy atom. The molecule has 15 heavy (non-hydrogen) atoms. The van der Waals surface area contributed by atoms with Crippen molar-refractivity contribution in [3.05, 3.63) is 0 Å². The molecule has 0 aliphatic heterocycles. The van der Waals surface area contributed by atoms with Gasteiger partial charge >= 0.3 is 0 Å². The van der Waals surface area contributed by atoms with Crippen LogP contribution in [0.15, 0.2) is 0 Å². The lowest BCUT2D eigenvalue weighted by molar-refractivity contribution is -0.122. The summed E-state index contributed by atoms with van der Waals surface area (Å²) in [7, 11) is 0. The maximum absolute atomic E-state index is 10.8. The lowest BCUT2D eigenvalue weighted by Gasteiger charge is -2.48. The van der Waals surface area contributed by atoms with Gasteiger partial charge in [-0.25, -0.2) is 0 Å². The Hall–Kier alpha value is -0.0800. The second kappa shape index (κ2) is 3.21. The van der Waals surface area contributed by atoms with Gasteiger partial charge in [0.15, 0.2) is 0 Å². The van der Waals surface area contributed by atoms with E-state index in [2.05, 4.69) is 20.8 Å². The van der Waals surface area contributed by atoms with E-state index in [1.807, 2.05) is 0 Å². The monoisotopic (exact) mass is 212 g/mol. The van der Waals surface area contributed by atoms with Crippen LogP contribution in [-0.2, 0) is 0 Å². The van der Waals surface area contributed by atoms with E-state index in [0.29, 0.717) is 5.92 Å². The molecule has 0 heterocycles. The van der Waals surface area contributed by atoms with Gasteiger partial charge < -0.3 is 10.2 Å². The van der Waals surface area contributed by atoms with Gasteiger partial charge in [-0.1, -0.05) is 20.8 Å². The molecule has 0 aromatic rings. The average molecular weight is 212 g/mol. The van der Waals surface area contributed by atoms with Crippen molar-refractivity contribution in [3.63, 3.8) is 0 Å². The highest BCUT2D eigenvalue weighted by atomic mass is 16.3. The molecule has 0 radical (unpaired) electrons. The van der Waals surface area contributed by atoms with Crippen molar-refractivity contribution in [2.45, 2.75) is 58.5 Å². The first-order chi connectivity index (χ1) is 6.83. The predicted molar refractivity (Wildman–Crippen MR) is 60.5 cm³/mol. The molecule has 2 N–H and O–H groups in total. The van der Waals surface area contributed by atoms with E-state index in [1.54, 1.807) is 0 Å². The van der Waals surface area contributed by atoms with Gasteiger partial charge in [0.05, 0.1) is 12.2 Å². The van der Waals surface area contributed by atoms with Crippen LogP contribution < -0.4 is 0 Å². The fourth-order valence-electron chi connectivity index (χ4n) is 3.85. The Labute approximate surface area is 92.7 Å². The standard InChI is InChI=1S/C13H24O2/c1-10-6-11(2,3)8-13(15,7-10)12(9-14)4-5-12/h10,14-15H,4-9H2,1-3H3. The van der Waals surface area contributed by atoms with Crippen molar-refractivity contribution in [1.82, 2.24) is 0 Å². The fraction of sp³-hybridized carbons (Fsp3) is 1.00. The Bertz CT molecular complexity index is 255. The zero-order valence-electron chi connectivity index (χ0n) is 10.2. The molecule has 2 saturated carbocycles. The molecule has 2 nitrogen and oxygen atoms in total. The molecule has 2 aliphatic carbocycles. The SMILES string of the molecule is CC1CC(C)(C)CC(O)(C2(CO)CC2)C1. The van der Waals surface area contributed by atoms with Crippen LogP contribution in [0.1, 0.15) is 52.9 Å². The normalized spacial score (nSPS) is 42.6. The van der Waals surface area contributed by atoms with Gasteiger partial charge in [-0.15, -0.1) is 0 Å². The van der Waals surface area contributed by atoms with Crippen LogP contribution in [0.2, 0.25) is 0 Å². The Balaban J connectivity index is 2.20. The maximum Gasteiger partial charge on any atom is 0.0733 e. The van der Waals surface area contributed by atoms with Crippen LogP contribution in [0, 0.1) is 16.7 Å². The van der Waals surface area contributed by atoms with Crippen LogP contribution in [0.25, 0.3) is 0 Å². The zero-order valence-corrected chi connectivity index (χ0v) is 10.2. The fourth-order valence-corrected chi connectivity index (χ4v) is 3.85. The first-order valence-electron chi connectivity index (χ1n) is 6.16. The summed E-state index contributed by atoms with van der Waals surface area (Å²) in [5, 5.41) is 20.3. The van der Waals surface area contributed by atoms with Gasteiger partial charge in [-0.2, -0.15) is 0 Å². The van der Waals surface area contributed by atoms with Crippen LogP contribution in [0.4, 0.5) is 0 Å². The van der Waals surface area contributed by atoms with Crippen LogP contribution in [0.5, 0.6) is 0 Å². The molecule has 2 rings (SSSR count). The molecule has 0 aromatic heterocycles. The van der Waals surface area contributed by atoms with E-state index in [9.17, 15) is 10.2 Å². The van der Waals surface area contributed by atoms with E-state index in [-0.39, 0.29) is 17.4 Å². The summed E-state index contributed by atoms with van der Waals surface area (Å²) < 4.78 is 0. The molecule has 2 aliphatic rings. The minimum Gasteiger partial charge on any atom is -0.396 e. The smallest absolute Gasteiger partial charge is 0.0733 e. The molecular formula is C13H24O2. The molecule has 0 spiro atoms. The van der Waals surface area contributed by atoms with Crippen molar-refractivity contribution in [3.8, 4) is 0 Å². The summed E-state index contributed by atoms with van der Waals surface area (Å²) in [6, 6.07) is 0. The van der Waals surface area contributed by atoms with Crippen molar-refractivity contribution in [2.24, 2.45) is 16.7 Å². The third kappa shape index (κ3) is 1.83. The van der Waals surface area contributed by atoms with Crippen molar-refractivity contribution in [1.29, 1.82) is 0 Å². The highest BCUT2D eigenvalue weighted by Crippen LogP contribution is 2.61. The predicted octanol–water partition coefficient (Wildman–Crippen LogP) is 2.34. The molecule has 2 heteroatoms. The second-order valence-corrected chi connectivity index (χ2v) is 6.82. The zero-order chi connectivity index (χ0) is 11.3. The van der Waals surface area contributed by atoms with Gasteiger partial charge in [0.1, 0.15) is 0 Å². The number of aliphatic hydroxyl groups excluding tert-OH is 1. The molecule has 0 amide bonds. The van der Waals surface area contributed by atoms with Gasteiger partial charge in [0, 0.05) is 5.41 Å². The number of hydrogen-bond donors (Lipinski definition) is 2. The number of rotatable bonds is 2. The van der Waals surface area contributed by atoms with Crippen molar-refractivity contribution in [2.75, 3.05) is 6.61 Å². The number of aliphatic hydroxyl groups is 2. The lowest BCUT2D eigenvalue weighted by atomic mass is 9.61. The Morgan fingerprint density at radius 1 is 1.20 bits per heavy atom. The molecule has 0 aromatic carbocycles. The quantitative estimate of drug-likeness (QED) is 0.737. The first-order valence-corrected chi connectivity index (χ1v) is 6.16. The van der Waals surface area contributed by atoms with Crippen LogP contribution >= 0.6 is 0 Å². The molecule has 2 fully saturated rings. The topological polar surface area (TPSA) is 40.5 Å². The molecule has 0 bridgehead atoms. The van der Waals surface area contributed by atoms with Crippen molar-refractivity contribution < 1.29 is 10.2 Å². The second-order valence-electron chi connectivity index (χ2n) is 6.82. The summed E-state index contributed by atoms with van der Waals surface area (Å²) in [5.74, 6) is 0.572. The van der Waals surface area contributed by atoms with Gasteiger partial charge in [0.2, 0.25) is 0 Å². The summed E-state index contributed by atoms with van der Waals surface area (Å²) in [6.07, 6.45) is 4.92. The minimum atomic E-state index is -0.608. The largest absolute Gasteiger partial charge is 0.396 e. The van der Waals surface area contributed by atoms with Crippen LogP contribution in [-0.4, -0.2) is 22.4 Å². The highest BCUT2D eigenvalue weighted by molar-refractivity contribution is 5.11. The number of hydrogen-bond acceptors (Lipinski definition) is 2. The van der Waals surface area contributed by atoms with E-state index in [0.717, 1.165) is 25.7 Å². The van der Waals surface area contributed by atoms with E-state index >= 15 is 0 Å². The third-order valence-electron chi connectivity index (χ3n) is 4.50. The van der Waals surface area contributed by atoms with Gasteiger partial charge in [-0.05, 0) is 43.4 Å². The van der Waals surface area contributed by atoms with Gasteiger partial charge in [-0.3, -0.25) is 0 Å². The minimum absolute atomic E-state index is 0.154. The maximum atomic E-state index is 10.8. The van der Waals surface area contributed by atoms with Crippen LogP contribution in [0.3, 0.4) is 0 Å². The Morgan fingerprint density at radius 2 is 1.80 bits per heavy atom. The molecule has 88 valence electrons. The summed E-state index contributed by atoms with van der Waals surface area (Å²) in [6.45, 7) is 6.85. The van der Waals surface area contributed by atoms with E-state index in [4.69, 9.17) is 0 Å². The van der Waals surface area contributed by atoms with E-state index < -0.39 is 5.60 Å².